The lowest BCUT2D eigenvalue weighted by molar-refractivity contribution is -0.267. The van der Waals surface area contributed by atoms with Crippen LogP contribution in [0, 0.1) is 0 Å². The van der Waals surface area contributed by atoms with E-state index in [9.17, 15) is 19.5 Å². The fourth-order valence-corrected chi connectivity index (χ4v) is 1.72. The minimum absolute atomic E-state index is 0.170. The summed E-state index contributed by atoms with van der Waals surface area (Å²) in [6.45, 7) is 3.29. The van der Waals surface area contributed by atoms with E-state index in [0.717, 1.165) is 13.8 Å². The second-order valence-electron chi connectivity index (χ2n) is 4.02. The number of carbonyl (C=O) groups is 3. The van der Waals surface area contributed by atoms with Crippen LogP contribution in [-0.4, -0.2) is 54.2 Å². The number of hydrogen-bond acceptors (Lipinski definition) is 8. The van der Waals surface area contributed by atoms with Crippen LogP contribution in [0.3, 0.4) is 0 Å². The molecule has 1 rings (SSSR count). The SMILES string of the molecule is CC(=O)O[C@H]1[C@H](OC(C)=O)[C@@H](O)OC[C@@H]1OC(C)=O. The number of hydrogen-bond donors (Lipinski definition) is 1. The van der Waals surface area contributed by atoms with Crippen LogP contribution in [0.5, 0.6) is 0 Å². The Morgan fingerprint density at radius 2 is 1.42 bits per heavy atom. The zero-order valence-corrected chi connectivity index (χ0v) is 10.8. The molecule has 8 nitrogen and oxygen atoms in total. The van der Waals surface area contributed by atoms with Crippen molar-refractivity contribution in [1.82, 2.24) is 0 Å². The highest BCUT2D eigenvalue weighted by molar-refractivity contribution is 5.68. The lowest BCUT2D eigenvalue weighted by Crippen LogP contribution is -2.57. The quantitative estimate of drug-likeness (QED) is 0.523. The molecule has 8 heteroatoms. The molecule has 0 radical (unpaired) electrons. The number of carbonyl (C=O) groups excluding carboxylic acids is 3. The van der Waals surface area contributed by atoms with Gasteiger partial charge < -0.3 is 24.1 Å². The van der Waals surface area contributed by atoms with Gasteiger partial charge in [-0.3, -0.25) is 14.4 Å². The predicted molar refractivity (Wildman–Crippen MR) is 58.6 cm³/mol. The first-order valence-electron chi connectivity index (χ1n) is 5.62. The minimum Gasteiger partial charge on any atom is -0.456 e. The van der Waals surface area contributed by atoms with E-state index in [0.29, 0.717) is 0 Å². The van der Waals surface area contributed by atoms with Crippen molar-refractivity contribution in [1.29, 1.82) is 0 Å². The van der Waals surface area contributed by atoms with Crippen LogP contribution < -0.4 is 0 Å². The Hall–Kier alpha value is -1.67. The van der Waals surface area contributed by atoms with Gasteiger partial charge in [-0.05, 0) is 0 Å². The van der Waals surface area contributed by atoms with Crippen molar-refractivity contribution < 1.29 is 38.4 Å². The average Bonchev–Trinajstić information content (AvgIpc) is 2.25. The van der Waals surface area contributed by atoms with Crippen molar-refractivity contribution in [2.24, 2.45) is 0 Å². The van der Waals surface area contributed by atoms with Crippen LogP contribution in [-0.2, 0) is 33.3 Å². The molecule has 0 aromatic carbocycles. The van der Waals surface area contributed by atoms with E-state index in [-0.39, 0.29) is 6.61 Å². The molecule has 108 valence electrons. The first kappa shape index (κ1) is 15.4. The van der Waals surface area contributed by atoms with Crippen LogP contribution in [0.25, 0.3) is 0 Å². The van der Waals surface area contributed by atoms with Crippen LogP contribution in [0.15, 0.2) is 0 Å². The van der Waals surface area contributed by atoms with Crippen LogP contribution >= 0.6 is 0 Å². The molecule has 4 atom stereocenters. The molecular weight excluding hydrogens is 260 g/mol. The third-order valence-corrected chi connectivity index (χ3v) is 2.32. The summed E-state index contributed by atoms with van der Waals surface area (Å²) in [4.78, 5) is 33.0. The number of aliphatic hydroxyl groups excluding tert-OH is 1. The van der Waals surface area contributed by atoms with Crippen LogP contribution in [0.1, 0.15) is 20.8 Å². The Balaban J connectivity index is 2.89. The number of esters is 3. The van der Waals surface area contributed by atoms with Gasteiger partial charge >= 0.3 is 17.9 Å². The van der Waals surface area contributed by atoms with Crippen molar-refractivity contribution >= 4 is 17.9 Å². The fraction of sp³-hybridized carbons (Fsp3) is 0.727. The fourth-order valence-electron chi connectivity index (χ4n) is 1.72. The average molecular weight is 276 g/mol. The van der Waals surface area contributed by atoms with Crippen molar-refractivity contribution in [2.45, 2.75) is 45.4 Å². The normalized spacial score (nSPS) is 30.3. The molecule has 0 aromatic heterocycles. The van der Waals surface area contributed by atoms with Crippen LogP contribution in [0.4, 0.5) is 0 Å². The van der Waals surface area contributed by atoms with Gasteiger partial charge in [0.2, 0.25) is 0 Å². The molecule has 0 unspecified atom stereocenters. The summed E-state index contributed by atoms with van der Waals surface area (Å²) in [5.41, 5.74) is 0. The van der Waals surface area contributed by atoms with E-state index in [1.165, 1.54) is 6.92 Å². The van der Waals surface area contributed by atoms with Gasteiger partial charge in [0.15, 0.2) is 24.6 Å². The van der Waals surface area contributed by atoms with Crippen molar-refractivity contribution in [3.8, 4) is 0 Å². The van der Waals surface area contributed by atoms with Gasteiger partial charge in [-0.15, -0.1) is 0 Å². The summed E-state index contributed by atoms with van der Waals surface area (Å²) in [7, 11) is 0. The molecule has 19 heavy (non-hydrogen) atoms. The second-order valence-corrected chi connectivity index (χ2v) is 4.02. The topological polar surface area (TPSA) is 108 Å². The maximum Gasteiger partial charge on any atom is 0.303 e. The van der Waals surface area contributed by atoms with Gasteiger partial charge in [0, 0.05) is 20.8 Å². The van der Waals surface area contributed by atoms with E-state index >= 15 is 0 Å². The van der Waals surface area contributed by atoms with Crippen molar-refractivity contribution in [2.75, 3.05) is 6.61 Å². The largest absolute Gasteiger partial charge is 0.456 e. The smallest absolute Gasteiger partial charge is 0.303 e. The summed E-state index contributed by atoms with van der Waals surface area (Å²) < 4.78 is 19.6. The highest BCUT2D eigenvalue weighted by Gasteiger charge is 2.46. The van der Waals surface area contributed by atoms with E-state index in [2.05, 4.69) is 0 Å². The first-order valence-corrected chi connectivity index (χ1v) is 5.62. The third-order valence-electron chi connectivity index (χ3n) is 2.32. The van der Waals surface area contributed by atoms with Gasteiger partial charge in [0.1, 0.15) is 0 Å². The zero-order chi connectivity index (χ0) is 14.6. The van der Waals surface area contributed by atoms with E-state index in [1.807, 2.05) is 0 Å². The molecule has 0 bridgehead atoms. The van der Waals surface area contributed by atoms with Crippen LogP contribution in [0.2, 0.25) is 0 Å². The first-order chi connectivity index (χ1) is 8.81. The lowest BCUT2D eigenvalue weighted by Gasteiger charge is -2.38. The molecule has 0 aliphatic carbocycles. The van der Waals surface area contributed by atoms with Gasteiger partial charge in [0.25, 0.3) is 0 Å². The molecule has 1 fully saturated rings. The number of rotatable bonds is 3. The van der Waals surface area contributed by atoms with Gasteiger partial charge in [-0.25, -0.2) is 0 Å². The molecule has 1 heterocycles. The van der Waals surface area contributed by atoms with E-state index < -0.39 is 42.5 Å². The zero-order valence-electron chi connectivity index (χ0n) is 10.8. The molecule has 0 amide bonds. The summed E-state index contributed by atoms with van der Waals surface area (Å²) >= 11 is 0. The standard InChI is InChI=1S/C11H16O8/c1-5(12)17-8-4-16-11(15)10(19-7(3)14)9(8)18-6(2)13/h8-11,15H,4H2,1-3H3/t8-,9+,10-,11-/m0/s1. The Morgan fingerprint density at radius 3 is 1.89 bits per heavy atom. The number of aliphatic hydroxyl groups is 1. The summed E-state index contributed by atoms with van der Waals surface area (Å²) in [6.07, 6.45) is -4.78. The molecule has 1 aliphatic heterocycles. The Morgan fingerprint density at radius 1 is 0.947 bits per heavy atom. The second kappa shape index (κ2) is 6.48. The third kappa shape index (κ3) is 4.49. The van der Waals surface area contributed by atoms with Gasteiger partial charge in [-0.2, -0.15) is 0 Å². The summed E-state index contributed by atoms with van der Waals surface area (Å²) in [6, 6.07) is 0. The predicted octanol–water partition coefficient (Wildman–Crippen LogP) is -0.870. The monoisotopic (exact) mass is 276 g/mol. The molecule has 0 spiro atoms. The molecule has 1 aliphatic rings. The Labute approximate surface area is 109 Å². The Bertz CT molecular complexity index is 366. The number of ether oxygens (including phenoxy) is 4. The van der Waals surface area contributed by atoms with E-state index in [1.54, 1.807) is 0 Å². The van der Waals surface area contributed by atoms with Gasteiger partial charge in [0.05, 0.1) is 6.61 Å². The molecule has 1 N–H and O–H groups in total. The lowest BCUT2D eigenvalue weighted by atomic mass is 10.0. The molecule has 0 saturated carbocycles. The maximum atomic E-state index is 11.1. The summed E-state index contributed by atoms with van der Waals surface area (Å²) in [5.74, 6) is -1.95. The maximum absolute atomic E-state index is 11.1. The summed E-state index contributed by atoms with van der Waals surface area (Å²) in [5, 5.41) is 9.62. The molecular formula is C11H16O8. The van der Waals surface area contributed by atoms with Crippen molar-refractivity contribution in [3.63, 3.8) is 0 Å². The van der Waals surface area contributed by atoms with Gasteiger partial charge in [-0.1, -0.05) is 0 Å². The highest BCUT2D eigenvalue weighted by Crippen LogP contribution is 2.23. The van der Waals surface area contributed by atoms with E-state index in [4.69, 9.17) is 18.9 Å². The molecule has 0 aromatic rings. The Kier molecular flexibility index (Phi) is 5.25. The molecule has 1 saturated heterocycles. The minimum atomic E-state index is -1.46. The van der Waals surface area contributed by atoms with Crippen molar-refractivity contribution in [3.05, 3.63) is 0 Å². The highest BCUT2D eigenvalue weighted by atomic mass is 16.7.